The Labute approximate surface area is 184 Å². The average molecular weight is 526 g/mol. The maximum atomic E-state index is 12.5. The van der Waals surface area contributed by atoms with E-state index in [4.69, 9.17) is 4.74 Å². The number of methoxy groups -OCH3 is 1. The molecule has 0 aliphatic carbocycles. The SMILES string of the molecule is CCNC(=NCc1ccc(OC)c(OC(F)F)c1)NCCc1ncc(C)s1.I. The van der Waals surface area contributed by atoms with Crippen molar-refractivity contribution in [2.45, 2.75) is 33.4 Å². The van der Waals surface area contributed by atoms with Crippen molar-refractivity contribution in [2.24, 2.45) is 4.99 Å². The van der Waals surface area contributed by atoms with Gasteiger partial charge < -0.3 is 20.1 Å². The Morgan fingerprint density at radius 3 is 2.68 bits per heavy atom. The van der Waals surface area contributed by atoms with Gasteiger partial charge in [0, 0.05) is 30.6 Å². The van der Waals surface area contributed by atoms with Gasteiger partial charge in [0.25, 0.3) is 0 Å². The summed E-state index contributed by atoms with van der Waals surface area (Å²) in [6.07, 6.45) is 2.67. The Kier molecular flexibility index (Phi) is 11.0. The third-order valence-electron chi connectivity index (χ3n) is 3.51. The van der Waals surface area contributed by atoms with E-state index >= 15 is 0 Å². The minimum Gasteiger partial charge on any atom is -0.493 e. The van der Waals surface area contributed by atoms with Crippen LogP contribution in [-0.2, 0) is 13.0 Å². The van der Waals surface area contributed by atoms with Crippen LogP contribution in [0.15, 0.2) is 29.4 Å². The van der Waals surface area contributed by atoms with E-state index in [0.29, 0.717) is 25.6 Å². The van der Waals surface area contributed by atoms with Crippen molar-refractivity contribution >= 4 is 41.3 Å². The molecule has 28 heavy (non-hydrogen) atoms. The van der Waals surface area contributed by atoms with Gasteiger partial charge in [-0.2, -0.15) is 8.78 Å². The minimum absolute atomic E-state index is 0. The summed E-state index contributed by atoms with van der Waals surface area (Å²) in [7, 11) is 1.41. The number of alkyl halides is 2. The third kappa shape index (κ3) is 8.13. The second-order valence-electron chi connectivity index (χ2n) is 5.60. The molecule has 0 saturated carbocycles. The summed E-state index contributed by atoms with van der Waals surface area (Å²) >= 11 is 1.67. The van der Waals surface area contributed by atoms with Gasteiger partial charge in [-0.1, -0.05) is 6.07 Å². The molecule has 0 atom stereocenters. The van der Waals surface area contributed by atoms with Crippen molar-refractivity contribution in [1.82, 2.24) is 15.6 Å². The van der Waals surface area contributed by atoms with Crippen molar-refractivity contribution in [3.05, 3.63) is 39.8 Å². The van der Waals surface area contributed by atoms with Crippen LogP contribution in [0.5, 0.6) is 11.5 Å². The highest BCUT2D eigenvalue weighted by Crippen LogP contribution is 2.29. The van der Waals surface area contributed by atoms with Gasteiger partial charge in [-0.15, -0.1) is 35.3 Å². The zero-order chi connectivity index (χ0) is 19.6. The number of benzene rings is 1. The standard InChI is InChI=1S/C18H24F2N4O2S.HI/c1-4-21-18(22-8-7-16-23-10-12(2)27-16)24-11-13-5-6-14(25-3)15(9-13)26-17(19)20;/h5-6,9-10,17H,4,7-8,11H2,1-3H3,(H2,21,22,24);1H. The molecule has 1 heterocycles. The van der Waals surface area contributed by atoms with Crippen LogP contribution in [0.1, 0.15) is 22.4 Å². The van der Waals surface area contributed by atoms with Crippen molar-refractivity contribution in [2.75, 3.05) is 20.2 Å². The molecule has 0 radical (unpaired) electrons. The van der Waals surface area contributed by atoms with E-state index in [1.165, 1.54) is 18.1 Å². The van der Waals surface area contributed by atoms with Crippen LogP contribution < -0.4 is 20.1 Å². The molecule has 6 nitrogen and oxygen atoms in total. The molecule has 10 heteroatoms. The number of rotatable bonds is 9. The van der Waals surface area contributed by atoms with E-state index in [-0.39, 0.29) is 35.5 Å². The van der Waals surface area contributed by atoms with Crippen LogP contribution in [-0.4, -0.2) is 37.8 Å². The molecule has 2 rings (SSSR count). The van der Waals surface area contributed by atoms with E-state index in [0.717, 1.165) is 17.0 Å². The van der Waals surface area contributed by atoms with Crippen molar-refractivity contribution < 1.29 is 18.3 Å². The van der Waals surface area contributed by atoms with E-state index in [1.807, 2.05) is 20.0 Å². The quantitative estimate of drug-likeness (QED) is 0.294. The number of aromatic nitrogens is 1. The Morgan fingerprint density at radius 1 is 1.29 bits per heavy atom. The first-order valence-electron chi connectivity index (χ1n) is 8.57. The van der Waals surface area contributed by atoms with Gasteiger partial charge in [-0.25, -0.2) is 9.98 Å². The minimum atomic E-state index is -2.91. The van der Waals surface area contributed by atoms with Crippen LogP contribution >= 0.6 is 35.3 Å². The molecule has 0 spiro atoms. The molecule has 156 valence electrons. The summed E-state index contributed by atoms with van der Waals surface area (Å²) in [5.41, 5.74) is 0.735. The molecule has 2 aromatic rings. The van der Waals surface area contributed by atoms with Gasteiger partial charge in [0.05, 0.1) is 18.7 Å². The normalized spacial score (nSPS) is 11.1. The number of nitrogens with zero attached hydrogens (tertiary/aromatic N) is 2. The van der Waals surface area contributed by atoms with Crippen LogP contribution in [0, 0.1) is 6.92 Å². The first-order chi connectivity index (χ1) is 13.0. The van der Waals surface area contributed by atoms with Crippen LogP contribution in [0.3, 0.4) is 0 Å². The first-order valence-corrected chi connectivity index (χ1v) is 9.38. The molecule has 0 unspecified atom stereocenters. The lowest BCUT2D eigenvalue weighted by Crippen LogP contribution is -2.38. The lowest BCUT2D eigenvalue weighted by atomic mass is 10.2. The number of thiazole rings is 1. The second kappa shape index (κ2) is 12.7. The lowest BCUT2D eigenvalue weighted by Gasteiger charge is -2.12. The van der Waals surface area contributed by atoms with Gasteiger partial charge in [-0.3, -0.25) is 0 Å². The molecule has 0 amide bonds. The van der Waals surface area contributed by atoms with Gasteiger partial charge in [0.2, 0.25) is 0 Å². The number of halogens is 3. The van der Waals surface area contributed by atoms with Crippen molar-refractivity contribution in [3.8, 4) is 11.5 Å². The molecule has 1 aromatic carbocycles. The maximum Gasteiger partial charge on any atom is 0.387 e. The summed E-state index contributed by atoms with van der Waals surface area (Å²) in [6, 6.07) is 4.87. The summed E-state index contributed by atoms with van der Waals surface area (Å²) < 4.78 is 34.6. The fourth-order valence-corrected chi connectivity index (χ4v) is 3.11. The molecule has 1 aromatic heterocycles. The van der Waals surface area contributed by atoms with Gasteiger partial charge in [0.1, 0.15) is 0 Å². The number of hydrogen-bond acceptors (Lipinski definition) is 5. The molecular formula is C18H25F2IN4O2S. The van der Waals surface area contributed by atoms with Gasteiger partial charge in [-0.05, 0) is 31.5 Å². The summed E-state index contributed by atoms with van der Waals surface area (Å²) in [4.78, 5) is 10.0. The molecule has 0 aliphatic heterocycles. The predicted molar refractivity (Wildman–Crippen MR) is 118 cm³/mol. The van der Waals surface area contributed by atoms with E-state index < -0.39 is 6.61 Å². The largest absolute Gasteiger partial charge is 0.493 e. The van der Waals surface area contributed by atoms with Crippen LogP contribution in [0.4, 0.5) is 8.78 Å². The highest BCUT2D eigenvalue weighted by molar-refractivity contribution is 14.0. The number of aryl methyl sites for hydroxylation is 1. The highest BCUT2D eigenvalue weighted by atomic mass is 127. The number of nitrogens with one attached hydrogen (secondary N) is 2. The smallest absolute Gasteiger partial charge is 0.387 e. The first kappa shape index (κ1) is 24.3. The van der Waals surface area contributed by atoms with Crippen molar-refractivity contribution in [3.63, 3.8) is 0 Å². The Morgan fingerprint density at radius 2 is 2.07 bits per heavy atom. The van der Waals surface area contributed by atoms with E-state index in [2.05, 4.69) is 25.3 Å². The lowest BCUT2D eigenvalue weighted by molar-refractivity contribution is -0.0512. The summed E-state index contributed by atoms with van der Waals surface area (Å²) in [6.45, 7) is 2.82. The molecule has 0 aliphatic rings. The molecule has 0 saturated heterocycles. The zero-order valence-electron chi connectivity index (χ0n) is 16.0. The molecule has 2 N–H and O–H groups in total. The zero-order valence-corrected chi connectivity index (χ0v) is 19.1. The van der Waals surface area contributed by atoms with Crippen molar-refractivity contribution in [1.29, 1.82) is 0 Å². The van der Waals surface area contributed by atoms with E-state index in [1.54, 1.807) is 23.5 Å². The Balaban J connectivity index is 0.00000392. The molecule has 0 bridgehead atoms. The number of guanidine groups is 1. The van der Waals surface area contributed by atoms with E-state index in [9.17, 15) is 8.78 Å². The van der Waals surface area contributed by atoms with Gasteiger partial charge >= 0.3 is 6.61 Å². The van der Waals surface area contributed by atoms with Gasteiger partial charge in [0.15, 0.2) is 17.5 Å². The van der Waals surface area contributed by atoms with Crippen LogP contribution in [0.2, 0.25) is 0 Å². The average Bonchev–Trinajstić information content (AvgIpc) is 3.04. The van der Waals surface area contributed by atoms with Crippen LogP contribution in [0.25, 0.3) is 0 Å². The number of aliphatic imine (C=N–C) groups is 1. The summed E-state index contributed by atoms with van der Waals surface area (Å²) in [5.74, 6) is 0.905. The second-order valence-corrected chi connectivity index (χ2v) is 6.92. The predicted octanol–water partition coefficient (Wildman–Crippen LogP) is 3.98. The fourth-order valence-electron chi connectivity index (χ4n) is 2.32. The Bertz CT molecular complexity index is 759. The maximum absolute atomic E-state index is 12.5. The third-order valence-corrected chi connectivity index (χ3v) is 4.48. The highest BCUT2D eigenvalue weighted by Gasteiger charge is 2.11. The number of ether oxygens (including phenoxy) is 2. The fraction of sp³-hybridized carbons (Fsp3) is 0.444. The topological polar surface area (TPSA) is 67.8 Å². The number of hydrogen-bond donors (Lipinski definition) is 2. The summed E-state index contributed by atoms with van der Waals surface area (Å²) in [5, 5.41) is 7.48. The monoisotopic (exact) mass is 526 g/mol. The Hall–Kier alpha value is -1.69. The molecular weight excluding hydrogens is 501 g/mol. The molecule has 0 fully saturated rings.